The van der Waals surface area contributed by atoms with E-state index in [1.165, 1.54) is 4.90 Å². The monoisotopic (exact) mass is 565 g/mol. The molecule has 0 saturated carbocycles. The van der Waals surface area contributed by atoms with E-state index >= 15 is 0 Å². The Kier molecular flexibility index (Phi) is 8.68. The molecule has 3 N–H and O–H groups in total. The van der Waals surface area contributed by atoms with E-state index in [0.29, 0.717) is 11.7 Å². The largest absolute Gasteiger partial charge is 0.391 e. The summed E-state index contributed by atoms with van der Waals surface area (Å²) in [6, 6.07) is 8.99. The van der Waals surface area contributed by atoms with Crippen LogP contribution in [0.25, 0.3) is 10.4 Å². The zero-order valence-corrected chi connectivity index (χ0v) is 24.4. The molecule has 4 atom stereocenters. The minimum absolute atomic E-state index is 0.0672. The first-order valence-electron chi connectivity index (χ1n) is 14.2. The Morgan fingerprint density at radius 1 is 1.18 bits per heavy atom. The van der Waals surface area contributed by atoms with E-state index in [9.17, 15) is 14.7 Å². The molecular weight excluding hydrogens is 526 g/mol. The molecular formula is C30H39N5O4S. The molecule has 0 spiro atoms. The molecule has 0 aliphatic carbocycles. The number of hydrogen-bond acceptors (Lipinski definition) is 8. The van der Waals surface area contributed by atoms with Crippen molar-refractivity contribution in [2.24, 2.45) is 5.92 Å². The maximum atomic E-state index is 13.9. The number of nitrogens with one attached hydrogen (secondary N) is 2. The van der Waals surface area contributed by atoms with Gasteiger partial charge >= 0.3 is 0 Å². The third-order valence-electron chi connectivity index (χ3n) is 8.19. The van der Waals surface area contributed by atoms with Crippen molar-refractivity contribution < 1.29 is 19.2 Å². The van der Waals surface area contributed by atoms with Crippen molar-refractivity contribution in [3.63, 3.8) is 0 Å². The minimum Gasteiger partial charge on any atom is -0.391 e. The first-order chi connectivity index (χ1) is 19.2. The number of nitrogens with zero attached hydrogens (tertiary/aromatic N) is 3. The molecule has 2 aromatic heterocycles. The normalized spacial score (nSPS) is 21.5. The van der Waals surface area contributed by atoms with E-state index in [-0.39, 0.29) is 36.7 Å². The van der Waals surface area contributed by atoms with E-state index in [0.717, 1.165) is 53.3 Å². The Labute approximate surface area is 239 Å². The van der Waals surface area contributed by atoms with Gasteiger partial charge in [0.1, 0.15) is 17.7 Å². The van der Waals surface area contributed by atoms with Crippen LogP contribution < -0.4 is 10.6 Å². The lowest BCUT2D eigenvalue weighted by molar-refractivity contribution is -0.141. The average Bonchev–Trinajstić information content (AvgIpc) is 3.69. The summed E-state index contributed by atoms with van der Waals surface area (Å²) in [5.74, 6) is -0.285. The standard InChI is InChI=1S/C30H39N5O4S/c1-17(2)27(26-14-24(34-39-26)21-9-11-31-12-10-21)30(38)35-15-23(36)13-25(35)29(37)33-18(3)20-5-7-22(8-6-20)28-19(4)32-16-40-28/h5-8,14,16-18,21,23,25,27,31,36H,9-13,15H2,1-4H3,(H,33,37)/t18?,23-,25+,27?/m1/s1. The quantitative estimate of drug-likeness (QED) is 0.375. The highest BCUT2D eigenvalue weighted by Gasteiger charge is 2.43. The number of likely N-dealkylation sites (tertiary alicyclic amines) is 1. The highest BCUT2D eigenvalue weighted by atomic mass is 32.1. The fourth-order valence-electron chi connectivity index (χ4n) is 5.88. The number of carbonyl (C=O) groups is 2. The molecule has 0 radical (unpaired) electrons. The Hall–Kier alpha value is -3.08. The lowest BCUT2D eigenvalue weighted by atomic mass is 9.89. The number of β-amino-alcohol motifs (C(OH)–C–C–N with tert-alkyl or cyclic N) is 1. The number of carbonyl (C=O) groups excluding carboxylic acids is 2. The van der Waals surface area contributed by atoms with Crippen LogP contribution >= 0.6 is 11.3 Å². The second-order valence-corrected chi connectivity index (χ2v) is 12.3. The van der Waals surface area contributed by atoms with Crippen LogP contribution in [0.2, 0.25) is 0 Å². The SMILES string of the molecule is Cc1ncsc1-c1ccc(C(C)NC(=O)[C@@H]2C[C@@H](O)CN2C(=O)C(c2cc(C3CCNCC3)no2)C(C)C)cc1. The van der Waals surface area contributed by atoms with E-state index < -0.39 is 18.1 Å². The Morgan fingerprint density at radius 3 is 2.55 bits per heavy atom. The number of rotatable bonds is 8. The summed E-state index contributed by atoms with van der Waals surface area (Å²) >= 11 is 1.60. The average molecular weight is 566 g/mol. The minimum atomic E-state index is -0.759. The van der Waals surface area contributed by atoms with Crippen LogP contribution in [0.3, 0.4) is 0 Å². The van der Waals surface area contributed by atoms with Gasteiger partial charge in [0.25, 0.3) is 0 Å². The first kappa shape index (κ1) is 28.4. The number of aliphatic hydroxyl groups excluding tert-OH is 1. The van der Waals surface area contributed by atoms with Gasteiger partial charge in [0.15, 0.2) is 0 Å². The summed E-state index contributed by atoms with van der Waals surface area (Å²) in [6.45, 7) is 9.85. The van der Waals surface area contributed by atoms with Crippen molar-refractivity contribution >= 4 is 23.2 Å². The number of amides is 2. The summed E-state index contributed by atoms with van der Waals surface area (Å²) < 4.78 is 5.73. The van der Waals surface area contributed by atoms with Gasteiger partial charge in [0, 0.05) is 24.9 Å². The van der Waals surface area contributed by atoms with Gasteiger partial charge in [-0.2, -0.15) is 0 Å². The predicted octanol–water partition coefficient (Wildman–Crippen LogP) is 4.15. The number of aromatic nitrogens is 2. The molecule has 0 bridgehead atoms. The molecule has 1 aromatic carbocycles. The summed E-state index contributed by atoms with van der Waals surface area (Å²) in [4.78, 5) is 34.3. The number of aryl methyl sites for hydroxylation is 1. The van der Waals surface area contributed by atoms with Crippen molar-refractivity contribution in [2.75, 3.05) is 19.6 Å². The molecule has 9 nitrogen and oxygen atoms in total. The van der Waals surface area contributed by atoms with Crippen molar-refractivity contribution in [1.29, 1.82) is 0 Å². The molecule has 2 aliphatic heterocycles. The third-order valence-corrected chi connectivity index (χ3v) is 9.16. The summed E-state index contributed by atoms with van der Waals surface area (Å²) in [5.41, 5.74) is 5.77. The zero-order chi connectivity index (χ0) is 28.4. The van der Waals surface area contributed by atoms with Crippen molar-refractivity contribution in [3.8, 4) is 10.4 Å². The van der Waals surface area contributed by atoms with Crippen molar-refractivity contribution in [2.45, 2.75) is 77.0 Å². The maximum Gasteiger partial charge on any atom is 0.243 e. The predicted molar refractivity (Wildman–Crippen MR) is 154 cm³/mol. The number of piperidine rings is 1. The molecule has 214 valence electrons. The van der Waals surface area contributed by atoms with E-state index in [2.05, 4.69) is 20.8 Å². The molecule has 2 saturated heterocycles. The van der Waals surface area contributed by atoms with Gasteiger partial charge in [-0.1, -0.05) is 43.3 Å². The van der Waals surface area contributed by atoms with Crippen LogP contribution in [0.15, 0.2) is 40.4 Å². The lowest BCUT2D eigenvalue weighted by Crippen LogP contribution is -2.48. The van der Waals surface area contributed by atoms with E-state index in [1.54, 1.807) is 11.3 Å². The Bertz CT molecular complexity index is 1310. The second-order valence-electron chi connectivity index (χ2n) is 11.4. The van der Waals surface area contributed by atoms with Crippen molar-refractivity contribution in [3.05, 3.63) is 58.6 Å². The van der Waals surface area contributed by atoms with Crippen LogP contribution in [-0.2, 0) is 9.59 Å². The van der Waals surface area contributed by atoms with E-state index in [4.69, 9.17) is 4.52 Å². The lowest BCUT2D eigenvalue weighted by Gasteiger charge is -2.29. The van der Waals surface area contributed by atoms with Crippen LogP contribution in [0.1, 0.15) is 80.6 Å². The molecule has 10 heteroatoms. The van der Waals surface area contributed by atoms with Crippen LogP contribution in [0.4, 0.5) is 0 Å². The molecule has 2 aliphatic rings. The summed E-state index contributed by atoms with van der Waals surface area (Å²) in [5, 5.41) is 21.3. The van der Waals surface area contributed by atoms with Gasteiger partial charge in [-0.25, -0.2) is 4.98 Å². The maximum absolute atomic E-state index is 13.9. The van der Waals surface area contributed by atoms with Crippen molar-refractivity contribution in [1.82, 2.24) is 25.7 Å². The Morgan fingerprint density at radius 2 is 1.90 bits per heavy atom. The molecule has 40 heavy (non-hydrogen) atoms. The topological polar surface area (TPSA) is 121 Å². The number of aliphatic hydroxyl groups is 1. The number of benzene rings is 1. The highest BCUT2D eigenvalue weighted by molar-refractivity contribution is 7.13. The van der Waals surface area contributed by atoms with Gasteiger partial charge in [-0.05, 0) is 56.8 Å². The second kappa shape index (κ2) is 12.2. The van der Waals surface area contributed by atoms with Crippen LogP contribution in [0, 0.1) is 12.8 Å². The van der Waals surface area contributed by atoms with Gasteiger partial charge < -0.3 is 25.2 Å². The molecule has 3 aromatic rings. The number of hydrogen-bond donors (Lipinski definition) is 3. The Balaban J connectivity index is 1.28. The fourth-order valence-corrected chi connectivity index (χ4v) is 6.69. The van der Waals surface area contributed by atoms with E-state index in [1.807, 2.05) is 63.5 Å². The zero-order valence-electron chi connectivity index (χ0n) is 23.6. The summed E-state index contributed by atoms with van der Waals surface area (Å²) in [7, 11) is 0. The molecule has 4 heterocycles. The smallest absolute Gasteiger partial charge is 0.243 e. The highest BCUT2D eigenvalue weighted by Crippen LogP contribution is 2.34. The number of thiazole rings is 1. The molecule has 2 amide bonds. The molecule has 2 fully saturated rings. The first-order valence-corrected chi connectivity index (χ1v) is 15.1. The molecule has 2 unspecified atom stereocenters. The van der Waals surface area contributed by atoms with Gasteiger partial charge in [0.05, 0.1) is 33.9 Å². The van der Waals surface area contributed by atoms with Gasteiger partial charge in [-0.3, -0.25) is 9.59 Å². The van der Waals surface area contributed by atoms with Gasteiger partial charge in [0.2, 0.25) is 11.8 Å². The van der Waals surface area contributed by atoms with Crippen LogP contribution in [0.5, 0.6) is 0 Å². The molecule has 5 rings (SSSR count). The third kappa shape index (κ3) is 5.99. The van der Waals surface area contributed by atoms with Crippen LogP contribution in [-0.4, -0.2) is 63.7 Å². The van der Waals surface area contributed by atoms with Gasteiger partial charge in [-0.15, -0.1) is 11.3 Å². The summed E-state index contributed by atoms with van der Waals surface area (Å²) in [6.07, 6.45) is 1.41. The fraction of sp³-hybridized carbons (Fsp3) is 0.533.